The maximum absolute atomic E-state index is 11.8. The number of ether oxygens (including phenoxy) is 2. The van der Waals surface area contributed by atoms with Gasteiger partial charge < -0.3 is 9.47 Å². The van der Waals surface area contributed by atoms with E-state index >= 15 is 0 Å². The van der Waals surface area contributed by atoms with Gasteiger partial charge in [-0.3, -0.25) is 10.1 Å². The van der Waals surface area contributed by atoms with Gasteiger partial charge in [-0.05, 0) is 40.1 Å². The highest BCUT2D eigenvalue weighted by atomic mass is 16.6. The van der Waals surface area contributed by atoms with E-state index in [1.807, 2.05) is 91.0 Å². The van der Waals surface area contributed by atoms with Crippen LogP contribution in [0.15, 0.2) is 121 Å². The third-order valence-corrected chi connectivity index (χ3v) is 7.27. The summed E-state index contributed by atoms with van der Waals surface area (Å²) in [6.07, 6.45) is 1.21. The van der Waals surface area contributed by atoms with Crippen LogP contribution < -0.4 is 9.47 Å². The lowest BCUT2D eigenvalue weighted by atomic mass is 9.77. The van der Waals surface area contributed by atoms with Crippen molar-refractivity contribution in [3.63, 3.8) is 0 Å². The van der Waals surface area contributed by atoms with Gasteiger partial charge in [0.1, 0.15) is 6.20 Å². The molecule has 0 aliphatic heterocycles. The van der Waals surface area contributed by atoms with Crippen molar-refractivity contribution < 1.29 is 14.4 Å². The van der Waals surface area contributed by atoms with E-state index in [0.717, 1.165) is 16.7 Å². The molecule has 0 spiro atoms. The Morgan fingerprint density at radius 2 is 1.30 bits per heavy atom. The van der Waals surface area contributed by atoms with Gasteiger partial charge in [-0.2, -0.15) is 0 Å². The predicted molar refractivity (Wildman–Crippen MR) is 161 cm³/mol. The van der Waals surface area contributed by atoms with E-state index in [0.29, 0.717) is 28.3 Å². The van der Waals surface area contributed by atoms with Crippen LogP contribution in [0.25, 0.3) is 22.6 Å². The van der Waals surface area contributed by atoms with Crippen LogP contribution in [0.4, 0.5) is 5.69 Å². The smallest absolute Gasteiger partial charge is 0.288 e. The van der Waals surface area contributed by atoms with Crippen molar-refractivity contribution >= 4 is 5.69 Å². The van der Waals surface area contributed by atoms with Gasteiger partial charge in [-0.1, -0.05) is 91.0 Å². The SMILES string of the molecule is COc1ccc(-c2ncc([N+](=O)[O-])cc2-c2nnn(C(c3ccccc3)(c3ccccc3)c3ccccc3)n2)cc1OC. The third kappa shape index (κ3) is 4.84. The molecule has 0 radical (unpaired) electrons. The van der Waals surface area contributed by atoms with Crippen LogP contribution in [0.3, 0.4) is 0 Å². The number of hydrogen-bond donors (Lipinski definition) is 0. The van der Waals surface area contributed by atoms with Crippen molar-refractivity contribution in [3.05, 3.63) is 148 Å². The van der Waals surface area contributed by atoms with E-state index in [9.17, 15) is 10.1 Å². The van der Waals surface area contributed by atoms with Crippen molar-refractivity contribution in [2.24, 2.45) is 0 Å². The minimum Gasteiger partial charge on any atom is -0.493 e. The first-order chi connectivity index (χ1) is 21.1. The van der Waals surface area contributed by atoms with Crippen LogP contribution in [0, 0.1) is 10.1 Å². The maximum atomic E-state index is 11.8. The fourth-order valence-electron chi connectivity index (χ4n) is 5.29. The zero-order valence-corrected chi connectivity index (χ0v) is 23.4. The summed E-state index contributed by atoms with van der Waals surface area (Å²) in [4.78, 5) is 17.3. The molecule has 0 aliphatic rings. The quantitative estimate of drug-likeness (QED) is 0.115. The van der Waals surface area contributed by atoms with Crippen LogP contribution in [-0.4, -0.2) is 44.3 Å². The number of hydrogen-bond acceptors (Lipinski definition) is 8. The van der Waals surface area contributed by atoms with Gasteiger partial charge in [0, 0.05) is 11.6 Å². The number of nitrogens with zero attached hydrogens (tertiary/aromatic N) is 6. The molecule has 0 saturated heterocycles. The van der Waals surface area contributed by atoms with Crippen LogP contribution >= 0.6 is 0 Å². The van der Waals surface area contributed by atoms with Crippen molar-refractivity contribution in [2.75, 3.05) is 14.2 Å². The van der Waals surface area contributed by atoms with Gasteiger partial charge in [0.05, 0.1) is 30.4 Å². The second-order valence-corrected chi connectivity index (χ2v) is 9.63. The van der Waals surface area contributed by atoms with Crippen LogP contribution in [0.1, 0.15) is 16.7 Å². The Bertz CT molecular complexity index is 1780. The highest BCUT2D eigenvalue weighted by molar-refractivity contribution is 5.80. The van der Waals surface area contributed by atoms with Crippen molar-refractivity contribution in [3.8, 4) is 34.1 Å². The van der Waals surface area contributed by atoms with E-state index in [4.69, 9.17) is 14.6 Å². The number of tetrazole rings is 1. The van der Waals surface area contributed by atoms with Gasteiger partial charge in [0.15, 0.2) is 17.0 Å². The lowest BCUT2D eigenvalue weighted by Gasteiger charge is -2.34. The first-order valence-corrected chi connectivity index (χ1v) is 13.4. The highest BCUT2D eigenvalue weighted by Gasteiger charge is 2.41. The summed E-state index contributed by atoms with van der Waals surface area (Å²) in [5.74, 6) is 1.20. The number of aromatic nitrogens is 5. The predicted octanol–water partition coefficient (Wildman–Crippen LogP) is 6.17. The maximum Gasteiger partial charge on any atom is 0.288 e. The van der Waals surface area contributed by atoms with Gasteiger partial charge in [-0.25, -0.2) is 4.98 Å². The van der Waals surface area contributed by atoms with Gasteiger partial charge >= 0.3 is 0 Å². The minimum absolute atomic E-state index is 0.174. The average Bonchev–Trinajstić information content (AvgIpc) is 3.56. The average molecular weight is 571 g/mol. The fraction of sp³-hybridized carbons (Fsp3) is 0.0909. The van der Waals surface area contributed by atoms with Crippen LogP contribution in [0.2, 0.25) is 0 Å². The Morgan fingerprint density at radius 3 is 1.81 bits per heavy atom. The molecule has 0 saturated carbocycles. The van der Waals surface area contributed by atoms with E-state index in [-0.39, 0.29) is 11.5 Å². The molecule has 0 amide bonds. The molecule has 0 N–H and O–H groups in total. The number of pyridine rings is 1. The molecule has 0 fully saturated rings. The molecule has 10 heteroatoms. The topological polar surface area (TPSA) is 118 Å². The van der Waals surface area contributed by atoms with E-state index in [2.05, 4.69) is 15.3 Å². The zero-order chi connectivity index (χ0) is 29.8. The number of nitro groups is 1. The van der Waals surface area contributed by atoms with E-state index in [1.54, 1.807) is 30.1 Å². The Balaban J connectivity index is 1.61. The monoisotopic (exact) mass is 570 g/mol. The normalized spacial score (nSPS) is 11.2. The Kier molecular flexibility index (Phi) is 7.32. The van der Waals surface area contributed by atoms with Crippen molar-refractivity contribution in [2.45, 2.75) is 5.54 Å². The summed E-state index contributed by atoms with van der Waals surface area (Å²) < 4.78 is 10.9. The molecule has 0 atom stereocenters. The minimum atomic E-state index is -1.01. The standard InChI is InChI=1S/C33H26N6O4/c1-42-29-19-18-23(20-30(29)43-2)31-28(21-27(22-34-31)38(40)41)32-35-37-39(36-32)33(24-12-6-3-7-13-24,25-14-8-4-9-15-25)26-16-10-5-11-17-26/h3-22H,1-2H3. The van der Waals surface area contributed by atoms with Gasteiger partial charge in [-0.15, -0.1) is 15.0 Å². The Hall–Kier alpha value is -5.90. The van der Waals surface area contributed by atoms with Crippen molar-refractivity contribution in [1.82, 2.24) is 25.2 Å². The lowest BCUT2D eigenvalue weighted by Crippen LogP contribution is -2.39. The second-order valence-electron chi connectivity index (χ2n) is 9.63. The first kappa shape index (κ1) is 27.3. The molecule has 0 unspecified atom stereocenters. The molecule has 2 heterocycles. The van der Waals surface area contributed by atoms with Gasteiger partial charge in [0.2, 0.25) is 5.82 Å². The first-order valence-electron chi connectivity index (χ1n) is 13.4. The number of rotatable bonds is 9. The van der Waals surface area contributed by atoms with Crippen molar-refractivity contribution in [1.29, 1.82) is 0 Å². The molecule has 0 bridgehead atoms. The Morgan fingerprint density at radius 1 is 0.744 bits per heavy atom. The van der Waals surface area contributed by atoms with Gasteiger partial charge in [0.25, 0.3) is 5.69 Å². The molecule has 2 aromatic heterocycles. The second kappa shape index (κ2) is 11.5. The lowest BCUT2D eigenvalue weighted by molar-refractivity contribution is -0.385. The molecule has 6 aromatic rings. The highest BCUT2D eigenvalue weighted by Crippen LogP contribution is 2.41. The van der Waals surface area contributed by atoms with E-state index < -0.39 is 10.5 Å². The molecule has 6 rings (SSSR count). The summed E-state index contributed by atoms with van der Waals surface area (Å²) in [5, 5.41) is 25.8. The molecule has 0 aliphatic carbocycles. The third-order valence-electron chi connectivity index (χ3n) is 7.27. The Labute approximate surface area is 247 Å². The molecular weight excluding hydrogens is 544 g/mol. The molecule has 43 heavy (non-hydrogen) atoms. The summed E-state index contributed by atoms with van der Waals surface area (Å²) in [6, 6.07) is 36.5. The summed E-state index contributed by atoms with van der Waals surface area (Å²) >= 11 is 0. The number of methoxy groups -OCH3 is 2. The van der Waals surface area contributed by atoms with E-state index in [1.165, 1.54) is 19.4 Å². The van der Waals surface area contributed by atoms with Crippen LogP contribution in [0.5, 0.6) is 11.5 Å². The van der Waals surface area contributed by atoms with Crippen LogP contribution in [-0.2, 0) is 5.54 Å². The molecule has 212 valence electrons. The molecular formula is C33H26N6O4. The summed E-state index contributed by atoms with van der Waals surface area (Å²) in [5.41, 5.74) is 2.94. The zero-order valence-electron chi connectivity index (χ0n) is 23.4. The fourth-order valence-corrected chi connectivity index (χ4v) is 5.29. The number of benzene rings is 4. The largest absolute Gasteiger partial charge is 0.493 e. The summed E-state index contributed by atoms with van der Waals surface area (Å²) in [7, 11) is 3.09. The molecule has 10 nitrogen and oxygen atoms in total. The molecule has 4 aromatic carbocycles. The summed E-state index contributed by atoms with van der Waals surface area (Å²) in [6.45, 7) is 0.